The summed E-state index contributed by atoms with van der Waals surface area (Å²) in [6, 6.07) is 12.0. The van der Waals surface area contributed by atoms with E-state index in [2.05, 4.69) is 14.7 Å². The number of sulfonamides is 1. The topological polar surface area (TPSA) is 119 Å². The molecular weight excluding hydrogens is 494 g/mol. The van der Waals surface area contributed by atoms with E-state index in [9.17, 15) is 17.2 Å². The van der Waals surface area contributed by atoms with Crippen molar-refractivity contribution >= 4 is 32.5 Å². The van der Waals surface area contributed by atoms with Crippen molar-refractivity contribution in [1.82, 2.24) is 14.5 Å². The van der Waals surface area contributed by atoms with E-state index in [0.717, 1.165) is 0 Å². The number of methoxy groups -OCH3 is 2. The van der Waals surface area contributed by atoms with E-state index in [0.29, 0.717) is 21.7 Å². The molecule has 0 amide bonds. The van der Waals surface area contributed by atoms with E-state index in [1.165, 1.54) is 31.0 Å². The standard InChI is InChI=1S/C21H17ClF2N4O5S/c1-31-18-17(33-20(23)24)19(32-2)27-21(26-18)28-10-14(34(25,29)30)12-8-9-13(22)15(16(12)28)11-6-4-3-5-7-11/h3-10,20H,1-2H3,(H2,25,29,30). The zero-order valence-corrected chi connectivity index (χ0v) is 19.3. The fraction of sp³-hybridized carbons (Fsp3) is 0.143. The Balaban J connectivity index is 2.12. The molecule has 0 fully saturated rings. The molecule has 178 valence electrons. The van der Waals surface area contributed by atoms with Gasteiger partial charge in [-0.25, -0.2) is 13.6 Å². The Morgan fingerprint density at radius 1 is 1.03 bits per heavy atom. The van der Waals surface area contributed by atoms with Crippen LogP contribution in [0.15, 0.2) is 53.6 Å². The fourth-order valence-corrected chi connectivity index (χ4v) is 4.49. The van der Waals surface area contributed by atoms with Crippen molar-refractivity contribution in [1.29, 1.82) is 0 Å². The van der Waals surface area contributed by atoms with Crippen LogP contribution in [0.5, 0.6) is 17.5 Å². The highest BCUT2D eigenvalue weighted by Gasteiger charge is 2.27. The summed E-state index contributed by atoms with van der Waals surface area (Å²) in [7, 11) is -1.80. The minimum Gasteiger partial charge on any atom is -0.478 e. The first-order valence-corrected chi connectivity index (χ1v) is 11.4. The number of nitrogens with zero attached hydrogens (tertiary/aromatic N) is 3. The van der Waals surface area contributed by atoms with Crippen molar-refractivity contribution in [2.24, 2.45) is 5.14 Å². The van der Waals surface area contributed by atoms with Gasteiger partial charge in [0.25, 0.3) is 11.8 Å². The molecule has 0 atom stereocenters. The third kappa shape index (κ3) is 4.22. The maximum atomic E-state index is 12.9. The Kier molecular flexibility index (Phi) is 6.30. The van der Waals surface area contributed by atoms with Crippen molar-refractivity contribution in [2.45, 2.75) is 11.5 Å². The molecule has 0 radical (unpaired) electrons. The van der Waals surface area contributed by atoms with Gasteiger partial charge in [0.2, 0.25) is 21.7 Å². The molecule has 0 aliphatic rings. The molecule has 0 bridgehead atoms. The molecule has 0 saturated carbocycles. The van der Waals surface area contributed by atoms with Gasteiger partial charge >= 0.3 is 6.61 Å². The number of halogens is 3. The molecule has 0 saturated heterocycles. The molecule has 2 aromatic heterocycles. The lowest BCUT2D eigenvalue weighted by molar-refractivity contribution is -0.0534. The number of nitrogens with two attached hydrogens (primary N) is 1. The molecule has 4 rings (SSSR count). The summed E-state index contributed by atoms with van der Waals surface area (Å²) in [5.74, 6) is -1.39. The lowest BCUT2D eigenvalue weighted by Gasteiger charge is -2.15. The summed E-state index contributed by atoms with van der Waals surface area (Å²) >= 11 is 6.53. The normalized spacial score (nSPS) is 11.7. The highest BCUT2D eigenvalue weighted by atomic mass is 35.5. The van der Waals surface area contributed by atoms with Crippen LogP contribution in [0.3, 0.4) is 0 Å². The molecule has 0 aliphatic heterocycles. The van der Waals surface area contributed by atoms with Gasteiger partial charge in [-0.2, -0.15) is 18.7 Å². The summed E-state index contributed by atoms with van der Waals surface area (Å²) < 4.78 is 66.6. The Bertz CT molecular complexity index is 1450. The van der Waals surface area contributed by atoms with Gasteiger partial charge in [-0.1, -0.05) is 41.9 Å². The maximum absolute atomic E-state index is 12.9. The van der Waals surface area contributed by atoms with Crippen LogP contribution in [-0.2, 0) is 10.0 Å². The monoisotopic (exact) mass is 510 g/mol. The summed E-state index contributed by atoms with van der Waals surface area (Å²) in [6.45, 7) is -3.19. The summed E-state index contributed by atoms with van der Waals surface area (Å²) in [5, 5.41) is 6.03. The Morgan fingerprint density at radius 3 is 2.18 bits per heavy atom. The molecule has 0 spiro atoms. The minimum atomic E-state index is -4.19. The van der Waals surface area contributed by atoms with Crippen LogP contribution in [0, 0.1) is 0 Å². The first-order valence-electron chi connectivity index (χ1n) is 9.52. The molecule has 34 heavy (non-hydrogen) atoms. The van der Waals surface area contributed by atoms with Crippen LogP contribution < -0.4 is 19.3 Å². The highest BCUT2D eigenvalue weighted by molar-refractivity contribution is 7.89. The summed E-state index contributed by atoms with van der Waals surface area (Å²) in [6.07, 6.45) is 1.21. The van der Waals surface area contributed by atoms with E-state index in [1.807, 2.05) is 6.07 Å². The molecule has 9 nitrogen and oxygen atoms in total. The zero-order chi connectivity index (χ0) is 24.6. The van der Waals surface area contributed by atoms with E-state index in [4.69, 9.17) is 26.2 Å². The van der Waals surface area contributed by atoms with E-state index in [1.54, 1.807) is 30.3 Å². The number of ether oxygens (including phenoxy) is 3. The second-order valence-electron chi connectivity index (χ2n) is 6.84. The summed E-state index contributed by atoms with van der Waals surface area (Å²) in [5.41, 5.74) is 1.47. The SMILES string of the molecule is COc1nc(-n2cc(S(N)(=O)=O)c3ccc(Cl)c(-c4ccccc4)c32)nc(OC)c1OC(F)F. The van der Waals surface area contributed by atoms with E-state index < -0.39 is 22.4 Å². The number of alkyl halides is 2. The van der Waals surface area contributed by atoms with Crippen molar-refractivity contribution < 1.29 is 31.4 Å². The Labute approximate surface area is 197 Å². The molecule has 13 heteroatoms. The van der Waals surface area contributed by atoms with E-state index in [-0.39, 0.29) is 28.0 Å². The van der Waals surface area contributed by atoms with Gasteiger partial charge in [-0.05, 0) is 17.7 Å². The van der Waals surface area contributed by atoms with Gasteiger partial charge in [0.15, 0.2) is 0 Å². The number of rotatable bonds is 7. The van der Waals surface area contributed by atoms with Gasteiger partial charge in [-0.3, -0.25) is 4.57 Å². The van der Waals surface area contributed by atoms with Gasteiger partial charge < -0.3 is 14.2 Å². The van der Waals surface area contributed by atoms with Crippen LogP contribution in [-0.4, -0.2) is 43.8 Å². The molecule has 4 aromatic rings. The molecular formula is C21H17ClF2N4O5S. The van der Waals surface area contributed by atoms with Crippen molar-refractivity contribution in [3.8, 4) is 34.6 Å². The zero-order valence-electron chi connectivity index (χ0n) is 17.7. The lowest BCUT2D eigenvalue weighted by Crippen LogP contribution is -2.12. The fourth-order valence-electron chi connectivity index (χ4n) is 3.50. The first-order chi connectivity index (χ1) is 16.2. The Morgan fingerprint density at radius 2 is 1.65 bits per heavy atom. The number of hydrogen-bond donors (Lipinski definition) is 1. The van der Waals surface area contributed by atoms with Crippen LogP contribution in [0.1, 0.15) is 0 Å². The highest BCUT2D eigenvalue weighted by Crippen LogP contribution is 2.41. The average molecular weight is 511 g/mol. The van der Waals surface area contributed by atoms with Crippen LogP contribution in [0.25, 0.3) is 28.0 Å². The van der Waals surface area contributed by atoms with Gasteiger partial charge in [0.1, 0.15) is 4.90 Å². The third-order valence-corrected chi connectivity index (χ3v) is 6.10. The second-order valence-corrected chi connectivity index (χ2v) is 8.78. The number of hydrogen-bond acceptors (Lipinski definition) is 7. The van der Waals surface area contributed by atoms with Crippen molar-refractivity contribution in [3.05, 3.63) is 53.7 Å². The van der Waals surface area contributed by atoms with Gasteiger partial charge in [0.05, 0.1) is 24.8 Å². The number of benzene rings is 2. The molecule has 0 unspecified atom stereocenters. The number of aromatic nitrogens is 3. The summed E-state index contributed by atoms with van der Waals surface area (Å²) in [4.78, 5) is 8.07. The van der Waals surface area contributed by atoms with Crippen LogP contribution >= 0.6 is 11.6 Å². The van der Waals surface area contributed by atoms with Crippen LogP contribution in [0.2, 0.25) is 5.02 Å². The van der Waals surface area contributed by atoms with E-state index >= 15 is 0 Å². The number of fused-ring (bicyclic) bond motifs is 1. The molecule has 2 aromatic carbocycles. The van der Waals surface area contributed by atoms with Crippen LogP contribution in [0.4, 0.5) is 8.78 Å². The van der Waals surface area contributed by atoms with Crippen molar-refractivity contribution in [2.75, 3.05) is 14.2 Å². The largest absolute Gasteiger partial charge is 0.478 e. The number of primary sulfonamides is 1. The average Bonchev–Trinajstić information content (AvgIpc) is 3.19. The van der Waals surface area contributed by atoms with Gasteiger partial charge in [-0.15, -0.1) is 0 Å². The predicted octanol–water partition coefficient (Wildman–Crippen LogP) is 4.01. The second kappa shape index (κ2) is 9.05. The lowest BCUT2D eigenvalue weighted by atomic mass is 10.0. The first kappa shape index (κ1) is 23.7. The van der Waals surface area contributed by atoms with Gasteiger partial charge in [0, 0.05) is 17.1 Å². The smallest absolute Gasteiger partial charge is 0.387 e. The molecule has 2 heterocycles. The quantitative estimate of drug-likeness (QED) is 0.399. The molecule has 0 aliphatic carbocycles. The Hall–Kier alpha value is -3.48. The predicted molar refractivity (Wildman–Crippen MR) is 120 cm³/mol. The third-order valence-electron chi connectivity index (χ3n) is 4.85. The molecule has 2 N–H and O–H groups in total. The van der Waals surface area contributed by atoms with Crippen molar-refractivity contribution in [3.63, 3.8) is 0 Å². The maximum Gasteiger partial charge on any atom is 0.387 e. The minimum absolute atomic E-state index is 0.158.